The van der Waals surface area contributed by atoms with E-state index in [1.165, 1.54) is 16.0 Å². The zero-order valence-corrected chi connectivity index (χ0v) is 12.8. The summed E-state index contributed by atoms with van der Waals surface area (Å²) in [7, 11) is 0. The monoisotopic (exact) mass is 306 g/mol. The summed E-state index contributed by atoms with van der Waals surface area (Å²) in [4.78, 5) is 26.8. The lowest BCUT2D eigenvalue weighted by Gasteiger charge is -2.32. The smallest absolute Gasteiger partial charge is 0.261 e. The van der Waals surface area contributed by atoms with Crippen LogP contribution in [-0.4, -0.2) is 22.8 Å². The Kier molecular flexibility index (Phi) is 3.27. The minimum absolute atomic E-state index is 0.0809. The normalized spacial score (nSPS) is 19.7. The molecule has 116 valence electrons. The van der Waals surface area contributed by atoms with E-state index in [2.05, 4.69) is 6.07 Å². The van der Waals surface area contributed by atoms with E-state index in [0.29, 0.717) is 24.1 Å². The van der Waals surface area contributed by atoms with Gasteiger partial charge in [-0.2, -0.15) is 0 Å². The summed E-state index contributed by atoms with van der Waals surface area (Å²) >= 11 is 0. The van der Waals surface area contributed by atoms with Crippen molar-refractivity contribution in [1.82, 2.24) is 4.90 Å². The molecule has 1 aliphatic carbocycles. The summed E-state index contributed by atoms with van der Waals surface area (Å²) in [5.74, 6) is -0.325. The fraction of sp³-hybridized carbons (Fsp3) is 0.263. The molecule has 0 fully saturated rings. The third kappa shape index (κ3) is 2.10. The molecule has 4 nitrogen and oxygen atoms in total. The number of carbonyl (C=O) groups excluding carboxylic acids is 2. The highest BCUT2D eigenvalue weighted by Gasteiger charge is 2.40. The summed E-state index contributed by atoms with van der Waals surface area (Å²) in [6, 6.07) is 13.2. The number of hydrogen-bond donors (Lipinski definition) is 1. The Morgan fingerprint density at radius 2 is 1.70 bits per heavy atom. The van der Waals surface area contributed by atoms with Crippen LogP contribution in [-0.2, 0) is 19.4 Å². The molecule has 2 aromatic rings. The van der Waals surface area contributed by atoms with Gasteiger partial charge in [0.05, 0.1) is 11.1 Å². The standard InChI is InChI=1S/C19H18N2O2/c20-11-13-5-3-4-12-8-9-14(10-17(12)13)21-18(22)15-6-1-2-7-16(15)19(21)23/h1-7,14H,8-11,20H2. The summed E-state index contributed by atoms with van der Waals surface area (Å²) < 4.78 is 0. The van der Waals surface area contributed by atoms with Crippen molar-refractivity contribution in [2.75, 3.05) is 0 Å². The Hall–Kier alpha value is -2.46. The first-order valence-electron chi connectivity index (χ1n) is 7.97. The van der Waals surface area contributed by atoms with Crippen molar-refractivity contribution < 1.29 is 9.59 Å². The number of hydrogen-bond acceptors (Lipinski definition) is 3. The molecule has 0 radical (unpaired) electrons. The van der Waals surface area contributed by atoms with Crippen LogP contribution < -0.4 is 5.73 Å². The molecule has 0 saturated carbocycles. The summed E-state index contributed by atoms with van der Waals surface area (Å²) in [6.07, 6.45) is 2.39. The van der Waals surface area contributed by atoms with E-state index in [1.54, 1.807) is 24.3 Å². The first kappa shape index (κ1) is 14.2. The third-order valence-electron chi connectivity index (χ3n) is 4.97. The number of rotatable bonds is 2. The number of imide groups is 1. The van der Waals surface area contributed by atoms with E-state index in [-0.39, 0.29) is 17.9 Å². The highest BCUT2D eigenvalue weighted by Crippen LogP contribution is 2.32. The maximum Gasteiger partial charge on any atom is 0.261 e. The molecule has 2 amide bonds. The molecule has 0 spiro atoms. The van der Waals surface area contributed by atoms with Gasteiger partial charge in [-0.25, -0.2) is 0 Å². The van der Waals surface area contributed by atoms with E-state index in [0.717, 1.165) is 18.4 Å². The van der Waals surface area contributed by atoms with Crippen molar-refractivity contribution in [2.24, 2.45) is 5.73 Å². The van der Waals surface area contributed by atoms with Crippen LogP contribution in [0.5, 0.6) is 0 Å². The van der Waals surface area contributed by atoms with E-state index in [1.807, 2.05) is 12.1 Å². The molecule has 2 N–H and O–H groups in total. The molecule has 1 atom stereocenters. The lowest BCUT2D eigenvalue weighted by atomic mass is 9.84. The molecular weight excluding hydrogens is 288 g/mol. The van der Waals surface area contributed by atoms with Gasteiger partial charge in [0.1, 0.15) is 0 Å². The number of amides is 2. The first-order chi connectivity index (χ1) is 11.2. The second-order valence-corrected chi connectivity index (χ2v) is 6.18. The van der Waals surface area contributed by atoms with Gasteiger partial charge in [0.15, 0.2) is 0 Å². The van der Waals surface area contributed by atoms with Crippen LogP contribution in [0.1, 0.15) is 43.8 Å². The molecule has 2 aromatic carbocycles. The molecule has 0 bridgehead atoms. The molecule has 4 rings (SSSR count). The zero-order chi connectivity index (χ0) is 16.0. The number of nitrogens with two attached hydrogens (primary N) is 1. The van der Waals surface area contributed by atoms with Crippen molar-refractivity contribution in [3.05, 3.63) is 70.3 Å². The second-order valence-electron chi connectivity index (χ2n) is 6.18. The van der Waals surface area contributed by atoms with Crippen LogP contribution in [0.4, 0.5) is 0 Å². The molecule has 1 heterocycles. The van der Waals surface area contributed by atoms with Gasteiger partial charge in [0.25, 0.3) is 11.8 Å². The van der Waals surface area contributed by atoms with Gasteiger partial charge in [-0.05, 0) is 48.1 Å². The second kappa shape index (κ2) is 5.32. The third-order valence-corrected chi connectivity index (χ3v) is 4.97. The van der Waals surface area contributed by atoms with Crippen LogP contribution >= 0.6 is 0 Å². The molecule has 0 aromatic heterocycles. The van der Waals surface area contributed by atoms with Crippen LogP contribution in [0.3, 0.4) is 0 Å². The van der Waals surface area contributed by atoms with E-state index in [4.69, 9.17) is 5.73 Å². The van der Waals surface area contributed by atoms with Gasteiger partial charge in [-0.1, -0.05) is 30.3 Å². The Morgan fingerprint density at radius 3 is 2.35 bits per heavy atom. The first-order valence-corrected chi connectivity index (χ1v) is 7.97. The van der Waals surface area contributed by atoms with Crippen LogP contribution in [0, 0.1) is 0 Å². The van der Waals surface area contributed by atoms with Crippen molar-refractivity contribution in [1.29, 1.82) is 0 Å². The van der Waals surface area contributed by atoms with Gasteiger partial charge < -0.3 is 5.73 Å². The highest BCUT2D eigenvalue weighted by atomic mass is 16.2. The minimum atomic E-state index is -0.163. The number of benzene rings is 2. The van der Waals surface area contributed by atoms with Crippen LogP contribution in [0.2, 0.25) is 0 Å². The summed E-state index contributed by atoms with van der Waals surface area (Å²) in [6.45, 7) is 0.484. The number of carbonyl (C=O) groups is 2. The predicted octanol–water partition coefficient (Wildman–Crippen LogP) is 2.30. The Labute approximate surface area is 134 Å². The molecule has 1 unspecified atom stereocenters. The number of aryl methyl sites for hydroxylation is 1. The molecule has 23 heavy (non-hydrogen) atoms. The summed E-state index contributed by atoms with van der Waals surface area (Å²) in [5.41, 5.74) is 10.5. The van der Waals surface area contributed by atoms with Gasteiger partial charge in [0.2, 0.25) is 0 Å². The lowest BCUT2D eigenvalue weighted by Crippen LogP contribution is -2.43. The maximum atomic E-state index is 12.7. The predicted molar refractivity (Wildman–Crippen MR) is 87.1 cm³/mol. The van der Waals surface area contributed by atoms with Gasteiger partial charge in [0, 0.05) is 12.6 Å². The van der Waals surface area contributed by atoms with E-state index < -0.39 is 0 Å². The van der Waals surface area contributed by atoms with Crippen molar-refractivity contribution in [2.45, 2.75) is 31.8 Å². The average molecular weight is 306 g/mol. The number of fused-ring (bicyclic) bond motifs is 2. The van der Waals surface area contributed by atoms with Gasteiger partial charge in [-0.15, -0.1) is 0 Å². The van der Waals surface area contributed by atoms with E-state index >= 15 is 0 Å². The Balaban J connectivity index is 1.69. The minimum Gasteiger partial charge on any atom is -0.326 e. The van der Waals surface area contributed by atoms with E-state index in [9.17, 15) is 9.59 Å². The van der Waals surface area contributed by atoms with Crippen molar-refractivity contribution in [3.63, 3.8) is 0 Å². The molecule has 2 aliphatic rings. The van der Waals surface area contributed by atoms with Crippen molar-refractivity contribution in [3.8, 4) is 0 Å². The Bertz CT molecular complexity index is 764. The summed E-state index contributed by atoms with van der Waals surface area (Å²) in [5, 5.41) is 0. The average Bonchev–Trinajstić information content (AvgIpc) is 2.85. The molecule has 1 aliphatic heterocycles. The Morgan fingerprint density at radius 1 is 1.00 bits per heavy atom. The van der Waals surface area contributed by atoms with Crippen LogP contribution in [0.25, 0.3) is 0 Å². The molecule has 0 saturated heterocycles. The molecular formula is C19H18N2O2. The van der Waals surface area contributed by atoms with Crippen LogP contribution in [0.15, 0.2) is 42.5 Å². The van der Waals surface area contributed by atoms with Gasteiger partial charge in [-0.3, -0.25) is 14.5 Å². The highest BCUT2D eigenvalue weighted by molar-refractivity contribution is 6.21. The maximum absolute atomic E-state index is 12.7. The fourth-order valence-electron chi connectivity index (χ4n) is 3.80. The number of nitrogens with zero attached hydrogens (tertiary/aromatic N) is 1. The fourth-order valence-corrected chi connectivity index (χ4v) is 3.80. The van der Waals surface area contributed by atoms with Gasteiger partial charge >= 0.3 is 0 Å². The largest absolute Gasteiger partial charge is 0.326 e. The van der Waals surface area contributed by atoms with Crippen molar-refractivity contribution >= 4 is 11.8 Å². The quantitative estimate of drug-likeness (QED) is 0.866. The SMILES string of the molecule is NCc1cccc2c1CC(N1C(=O)c3ccccc3C1=O)CC2. The lowest BCUT2D eigenvalue weighted by molar-refractivity contribution is 0.0571. The topological polar surface area (TPSA) is 63.4 Å². The molecule has 4 heteroatoms. The zero-order valence-electron chi connectivity index (χ0n) is 12.8.